The maximum atomic E-state index is 11.4. The molecule has 0 spiro atoms. The minimum atomic E-state index is -0.503. The Morgan fingerprint density at radius 1 is 1.32 bits per heavy atom. The Bertz CT molecular complexity index is 562. The van der Waals surface area contributed by atoms with Gasteiger partial charge in [-0.15, -0.1) is 0 Å². The molecular formula is C14H15NO4. The number of benzene rings is 1. The summed E-state index contributed by atoms with van der Waals surface area (Å²) in [6, 6.07) is 9.13. The molecule has 2 N–H and O–H groups in total. The summed E-state index contributed by atoms with van der Waals surface area (Å²) in [5.74, 6) is -0.311. The zero-order chi connectivity index (χ0) is 13.7. The van der Waals surface area contributed by atoms with Gasteiger partial charge in [-0.2, -0.15) is 0 Å². The molecular weight excluding hydrogens is 246 g/mol. The molecule has 0 bridgehead atoms. The van der Waals surface area contributed by atoms with Gasteiger partial charge in [-0.3, -0.25) is 0 Å². The van der Waals surface area contributed by atoms with E-state index in [9.17, 15) is 9.90 Å². The Kier molecular flexibility index (Phi) is 4.20. The summed E-state index contributed by atoms with van der Waals surface area (Å²) in [5.41, 5.74) is 2.33. The van der Waals surface area contributed by atoms with Crippen molar-refractivity contribution in [3.05, 3.63) is 53.5 Å². The molecule has 1 heterocycles. The quantitative estimate of drug-likeness (QED) is 0.807. The monoisotopic (exact) mass is 261 g/mol. The maximum Gasteiger partial charge on any atom is 0.374 e. The minimum Gasteiger partial charge on any atom is -0.463 e. The number of hydrogen-bond acceptors (Lipinski definition) is 5. The van der Waals surface area contributed by atoms with Crippen molar-refractivity contribution in [2.75, 3.05) is 12.4 Å². The van der Waals surface area contributed by atoms with E-state index >= 15 is 0 Å². The number of nitrogens with one attached hydrogen (secondary N) is 1. The van der Waals surface area contributed by atoms with Crippen molar-refractivity contribution in [3.8, 4) is 0 Å². The maximum absolute atomic E-state index is 11.4. The molecule has 100 valence electrons. The van der Waals surface area contributed by atoms with E-state index in [0.29, 0.717) is 12.1 Å². The summed E-state index contributed by atoms with van der Waals surface area (Å²) in [7, 11) is 1.31. The molecule has 0 aliphatic carbocycles. The number of rotatable bonds is 5. The first kappa shape index (κ1) is 13.2. The van der Waals surface area contributed by atoms with Gasteiger partial charge in [0.1, 0.15) is 0 Å². The second kappa shape index (κ2) is 6.06. The third-order valence-corrected chi connectivity index (χ3v) is 2.77. The highest BCUT2D eigenvalue weighted by atomic mass is 16.5. The van der Waals surface area contributed by atoms with Crippen LogP contribution in [0.2, 0.25) is 0 Å². The highest BCUT2D eigenvalue weighted by molar-refractivity contribution is 5.87. The molecule has 2 aromatic rings. The average Bonchev–Trinajstić information content (AvgIpc) is 2.93. The van der Waals surface area contributed by atoms with Crippen molar-refractivity contribution in [3.63, 3.8) is 0 Å². The molecule has 0 amide bonds. The molecule has 0 fully saturated rings. The number of carbonyl (C=O) groups is 1. The normalized spacial score (nSPS) is 10.2. The van der Waals surface area contributed by atoms with Gasteiger partial charge in [0, 0.05) is 23.4 Å². The van der Waals surface area contributed by atoms with E-state index in [1.165, 1.54) is 13.4 Å². The fraction of sp³-hybridized carbons (Fsp3) is 0.214. The van der Waals surface area contributed by atoms with E-state index in [2.05, 4.69) is 10.1 Å². The fourth-order valence-electron chi connectivity index (χ4n) is 1.77. The van der Waals surface area contributed by atoms with Gasteiger partial charge < -0.3 is 19.6 Å². The van der Waals surface area contributed by atoms with Gasteiger partial charge in [0.25, 0.3) is 0 Å². The number of aliphatic hydroxyl groups is 1. The molecule has 0 aliphatic heterocycles. The van der Waals surface area contributed by atoms with Crippen LogP contribution in [-0.2, 0) is 17.9 Å². The van der Waals surface area contributed by atoms with Gasteiger partial charge in [-0.05, 0) is 12.1 Å². The lowest BCUT2D eigenvalue weighted by molar-refractivity contribution is 0.0563. The van der Waals surface area contributed by atoms with Gasteiger partial charge in [0.15, 0.2) is 0 Å². The summed E-state index contributed by atoms with van der Waals surface area (Å²) in [5, 5.41) is 12.4. The molecule has 5 heteroatoms. The van der Waals surface area contributed by atoms with Crippen LogP contribution < -0.4 is 5.32 Å². The number of furan rings is 1. The van der Waals surface area contributed by atoms with Gasteiger partial charge in [-0.25, -0.2) is 4.79 Å². The summed E-state index contributed by atoms with van der Waals surface area (Å²) < 4.78 is 9.73. The molecule has 1 aromatic carbocycles. The van der Waals surface area contributed by atoms with Gasteiger partial charge in [0.2, 0.25) is 5.76 Å². The number of anilines is 1. The van der Waals surface area contributed by atoms with Crippen LogP contribution in [0, 0.1) is 0 Å². The number of carbonyl (C=O) groups excluding carboxylic acids is 1. The topological polar surface area (TPSA) is 71.7 Å². The lowest BCUT2D eigenvalue weighted by atomic mass is 10.1. The number of methoxy groups -OCH3 is 1. The lowest BCUT2D eigenvalue weighted by Gasteiger charge is -2.09. The third-order valence-electron chi connectivity index (χ3n) is 2.77. The molecule has 0 saturated carbocycles. The van der Waals surface area contributed by atoms with Crippen LogP contribution in [0.5, 0.6) is 0 Å². The van der Waals surface area contributed by atoms with Gasteiger partial charge >= 0.3 is 5.97 Å². The second-order valence-electron chi connectivity index (χ2n) is 3.94. The van der Waals surface area contributed by atoms with Crippen LogP contribution in [-0.4, -0.2) is 18.2 Å². The molecule has 19 heavy (non-hydrogen) atoms. The smallest absolute Gasteiger partial charge is 0.374 e. The Hall–Kier alpha value is -2.27. The standard InChI is InChI=1S/C14H15NO4/c1-18-14(17)13-10(6-7-19-13)8-15-12-5-3-2-4-11(12)9-16/h2-7,15-16H,8-9H2,1H3. The largest absolute Gasteiger partial charge is 0.463 e. The summed E-state index contributed by atoms with van der Waals surface area (Å²) in [6.45, 7) is 0.371. The molecule has 2 rings (SSSR count). The van der Waals surface area contributed by atoms with Crippen LogP contribution in [0.25, 0.3) is 0 Å². The van der Waals surface area contributed by atoms with Crippen molar-refractivity contribution < 1.29 is 19.1 Å². The number of hydrogen-bond donors (Lipinski definition) is 2. The zero-order valence-electron chi connectivity index (χ0n) is 10.6. The van der Waals surface area contributed by atoms with Crippen LogP contribution in [0.15, 0.2) is 41.0 Å². The van der Waals surface area contributed by atoms with Crippen LogP contribution in [0.4, 0.5) is 5.69 Å². The number of para-hydroxylation sites is 1. The minimum absolute atomic E-state index is 0.0432. The first-order chi connectivity index (χ1) is 9.26. The third kappa shape index (κ3) is 2.95. The molecule has 5 nitrogen and oxygen atoms in total. The summed E-state index contributed by atoms with van der Waals surface area (Å²) >= 11 is 0. The van der Waals surface area contributed by atoms with Gasteiger partial charge in [0.05, 0.1) is 20.0 Å². The first-order valence-corrected chi connectivity index (χ1v) is 5.83. The van der Waals surface area contributed by atoms with E-state index in [1.807, 2.05) is 24.3 Å². The van der Waals surface area contributed by atoms with E-state index in [0.717, 1.165) is 11.3 Å². The van der Waals surface area contributed by atoms with Crippen LogP contribution in [0.3, 0.4) is 0 Å². The molecule has 1 aromatic heterocycles. The highest BCUT2D eigenvalue weighted by Gasteiger charge is 2.15. The summed E-state index contributed by atoms with van der Waals surface area (Å²) in [6.07, 6.45) is 1.45. The van der Waals surface area contributed by atoms with Crippen LogP contribution in [0.1, 0.15) is 21.7 Å². The average molecular weight is 261 g/mol. The number of aliphatic hydroxyl groups excluding tert-OH is 1. The van der Waals surface area contributed by atoms with Crippen molar-refractivity contribution in [2.24, 2.45) is 0 Å². The Balaban J connectivity index is 2.11. The molecule has 0 saturated heterocycles. The molecule has 0 radical (unpaired) electrons. The Labute approximate surface area is 110 Å². The van der Waals surface area contributed by atoms with Crippen LogP contribution >= 0.6 is 0 Å². The van der Waals surface area contributed by atoms with Crippen molar-refractivity contribution in [1.29, 1.82) is 0 Å². The van der Waals surface area contributed by atoms with E-state index in [1.54, 1.807) is 6.07 Å². The lowest BCUT2D eigenvalue weighted by Crippen LogP contribution is -2.07. The Morgan fingerprint density at radius 2 is 2.11 bits per heavy atom. The van der Waals surface area contributed by atoms with Crippen molar-refractivity contribution in [1.82, 2.24) is 0 Å². The first-order valence-electron chi connectivity index (χ1n) is 5.83. The number of ether oxygens (including phenoxy) is 1. The van der Waals surface area contributed by atoms with Crippen molar-refractivity contribution >= 4 is 11.7 Å². The second-order valence-corrected chi connectivity index (χ2v) is 3.94. The van der Waals surface area contributed by atoms with E-state index < -0.39 is 5.97 Å². The predicted molar refractivity (Wildman–Crippen MR) is 69.7 cm³/mol. The van der Waals surface area contributed by atoms with Crippen molar-refractivity contribution in [2.45, 2.75) is 13.2 Å². The fourth-order valence-corrected chi connectivity index (χ4v) is 1.77. The number of esters is 1. The van der Waals surface area contributed by atoms with Gasteiger partial charge in [-0.1, -0.05) is 18.2 Å². The summed E-state index contributed by atoms with van der Waals surface area (Å²) in [4.78, 5) is 11.4. The molecule has 0 atom stereocenters. The molecule has 0 unspecified atom stereocenters. The van der Waals surface area contributed by atoms with E-state index in [-0.39, 0.29) is 12.4 Å². The zero-order valence-corrected chi connectivity index (χ0v) is 10.6. The SMILES string of the molecule is COC(=O)c1occc1CNc1ccccc1CO. The van der Waals surface area contributed by atoms with E-state index in [4.69, 9.17) is 4.42 Å². The Morgan fingerprint density at radius 3 is 2.84 bits per heavy atom. The predicted octanol–water partition coefficient (Wildman–Crippen LogP) is 2.17. The molecule has 0 aliphatic rings. The highest BCUT2D eigenvalue weighted by Crippen LogP contribution is 2.18.